The quantitative estimate of drug-likeness (QED) is 0.436. The average molecular weight is 412 g/mol. The van der Waals surface area contributed by atoms with Gasteiger partial charge < -0.3 is 25.4 Å². The number of hydrogen-bond acceptors (Lipinski definition) is 5. The van der Waals surface area contributed by atoms with Crippen LogP contribution in [0.2, 0.25) is 0 Å². The van der Waals surface area contributed by atoms with Crippen LogP contribution in [0.3, 0.4) is 0 Å². The Bertz CT molecular complexity index is 913. The summed E-state index contributed by atoms with van der Waals surface area (Å²) >= 11 is 0. The first-order chi connectivity index (χ1) is 14.5. The van der Waals surface area contributed by atoms with E-state index >= 15 is 0 Å². The third kappa shape index (κ3) is 5.30. The number of aryl methyl sites for hydroxylation is 1. The fourth-order valence-electron chi connectivity index (χ4n) is 3.48. The number of rotatable bonds is 9. The molecule has 0 spiro atoms. The first-order valence-corrected chi connectivity index (χ1v) is 10.3. The van der Waals surface area contributed by atoms with Gasteiger partial charge in [-0.1, -0.05) is 37.3 Å². The molecule has 0 aromatic heterocycles. The molecular formula is C23H29N3O4. The molecule has 0 saturated heterocycles. The number of amides is 2. The lowest BCUT2D eigenvalue weighted by atomic mass is 10.1. The molecule has 0 unspecified atom stereocenters. The predicted molar refractivity (Wildman–Crippen MR) is 116 cm³/mol. The van der Waals surface area contributed by atoms with Crippen LogP contribution >= 0.6 is 0 Å². The summed E-state index contributed by atoms with van der Waals surface area (Å²) in [5.41, 5.74) is 3.59. The molecule has 2 aromatic carbocycles. The molecule has 0 radical (unpaired) electrons. The number of anilines is 1. The van der Waals surface area contributed by atoms with Crippen molar-refractivity contribution in [1.82, 2.24) is 10.2 Å². The topological polar surface area (TPSA) is 90.9 Å². The molecule has 2 amide bonds. The van der Waals surface area contributed by atoms with Crippen molar-refractivity contribution in [2.45, 2.75) is 33.2 Å². The van der Waals surface area contributed by atoms with Gasteiger partial charge in [-0.05, 0) is 42.6 Å². The smallest absolute Gasteiger partial charge is 0.262 e. The number of fused-ring (bicyclic) bond motifs is 1. The van der Waals surface area contributed by atoms with E-state index in [1.807, 2.05) is 24.0 Å². The lowest BCUT2D eigenvalue weighted by molar-refractivity contribution is -0.131. The van der Waals surface area contributed by atoms with E-state index in [0.29, 0.717) is 50.5 Å². The van der Waals surface area contributed by atoms with Crippen LogP contribution in [-0.2, 0) is 22.6 Å². The second kappa shape index (κ2) is 10.1. The molecule has 0 aliphatic carbocycles. The molecule has 1 aliphatic rings. The Morgan fingerprint density at radius 2 is 2.00 bits per heavy atom. The van der Waals surface area contributed by atoms with E-state index in [1.165, 1.54) is 5.56 Å². The van der Waals surface area contributed by atoms with Gasteiger partial charge in [-0.25, -0.2) is 0 Å². The minimum absolute atomic E-state index is 0.000292. The Morgan fingerprint density at radius 1 is 1.20 bits per heavy atom. The van der Waals surface area contributed by atoms with Crippen LogP contribution in [0.15, 0.2) is 36.4 Å². The molecule has 0 atom stereocenters. The van der Waals surface area contributed by atoms with Gasteiger partial charge in [0.15, 0.2) is 12.4 Å². The Balaban J connectivity index is 1.52. The van der Waals surface area contributed by atoms with Crippen molar-refractivity contribution in [2.75, 3.05) is 31.6 Å². The molecule has 30 heavy (non-hydrogen) atoms. The van der Waals surface area contributed by atoms with Crippen LogP contribution in [0.25, 0.3) is 0 Å². The zero-order chi connectivity index (χ0) is 21.5. The van der Waals surface area contributed by atoms with Gasteiger partial charge in [0.1, 0.15) is 11.4 Å². The lowest BCUT2D eigenvalue weighted by Gasteiger charge is -2.24. The number of aromatic hydroxyl groups is 1. The molecule has 1 heterocycles. The standard InChI is InChI=1S/C23H29N3O4/c1-3-21(29)26(14-18-7-5-4-6-16(18)2)13-12-24-11-10-17-8-9-19(27)22-23(17)30-15-20(28)25-22/h4-9,24,27H,3,10-15H2,1-2H3,(H,25,28). The summed E-state index contributed by atoms with van der Waals surface area (Å²) in [4.78, 5) is 25.7. The molecule has 0 bridgehead atoms. The summed E-state index contributed by atoms with van der Waals surface area (Å²) in [7, 11) is 0. The van der Waals surface area contributed by atoms with Crippen LogP contribution in [0.5, 0.6) is 11.5 Å². The number of benzene rings is 2. The third-order valence-electron chi connectivity index (χ3n) is 5.24. The van der Waals surface area contributed by atoms with Crippen molar-refractivity contribution in [2.24, 2.45) is 0 Å². The van der Waals surface area contributed by atoms with E-state index in [4.69, 9.17) is 4.74 Å². The number of nitrogens with one attached hydrogen (secondary N) is 2. The molecule has 7 heteroatoms. The number of hydrogen-bond donors (Lipinski definition) is 3. The summed E-state index contributed by atoms with van der Waals surface area (Å²) in [5.74, 6) is 0.387. The SMILES string of the molecule is CCC(=O)N(CCNCCc1ccc(O)c2c1OCC(=O)N2)Cc1ccccc1C. The van der Waals surface area contributed by atoms with E-state index in [9.17, 15) is 14.7 Å². The maximum absolute atomic E-state index is 12.4. The Morgan fingerprint density at radius 3 is 2.77 bits per heavy atom. The van der Waals surface area contributed by atoms with Crippen molar-refractivity contribution in [3.63, 3.8) is 0 Å². The number of phenolic OH excluding ortho intramolecular Hbond substituents is 1. The molecule has 7 nitrogen and oxygen atoms in total. The molecular weight excluding hydrogens is 382 g/mol. The average Bonchev–Trinajstić information content (AvgIpc) is 2.75. The van der Waals surface area contributed by atoms with E-state index in [2.05, 4.69) is 29.7 Å². The van der Waals surface area contributed by atoms with Crippen molar-refractivity contribution in [3.8, 4) is 11.5 Å². The van der Waals surface area contributed by atoms with Gasteiger partial charge in [0.2, 0.25) is 5.91 Å². The van der Waals surface area contributed by atoms with Gasteiger partial charge in [-0.15, -0.1) is 0 Å². The maximum atomic E-state index is 12.4. The van der Waals surface area contributed by atoms with Gasteiger partial charge in [-0.2, -0.15) is 0 Å². The minimum Gasteiger partial charge on any atom is -0.506 e. The van der Waals surface area contributed by atoms with E-state index in [-0.39, 0.29) is 24.2 Å². The molecule has 3 N–H and O–H groups in total. The summed E-state index contributed by atoms with van der Waals surface area (Å²) in [6, 6.07) is 11.5. The van der Waals surface area contributed by atoms with Crippen LogP contribution in [0.4, 0.5) is 5.69 Å². The van der Waals surface area contributed by atoms with Crippen molar-refractivity contribution in [3.05, 3.63) is 53.1 Å². The largest absolute Gasteiger partial charge is 0.506 e. The number of carbonyl (C=O) groups excluding carboxylic acids is 2. The predicted octanol–water partition coefficient (Wildman–Crippen LogP) is 2.60. The van der Waals surface area contributed by atoms with E-state index < -0.39 is 0 Å². The van der Waals surface area contributed by atoms with Gasteiger partial charge in [-0.3, -0.25) is 9.59 Å². The summed E-state index contributed by atoms with van der Waals surface area (Å²) < 4.78 is 5.51. The van der Waals surface area contributed by atoms with E-state index in [0.717, 1.165) is 11.1 Å². The third-order valence-corrected chi connectivity index (χ3v) is 5.24. The highest BCUT2D eigenvalue weighted by Gasteiger charge is 2.22. The highest BCUT2D eigenvalue weighted by atomic mass is 16.5. The Labute approximate surface area is 177 Å². The number of nitrogens with zero attached hydrogens (tertiary/aromatic N) is 1. The fourth-order valence-corrected chi connectivity index (χ4v) is 3.48. The number of carbonyl (C=O) groups is 2. The summed E-state index contributed by atoms with van der Waals surface area (Å²) in [6.07, 6.45) is 1.16. The van der Waals surface area contributed by atoms with Gasteiger partial charge in [0.25, 0.3) is 5.91 Å². The first kappa shape index (κ1) is 21.6. The zero-order valence-electron chi connectivity index (χ0n) is 17.5. The lowest BCUT2D eigenvalue weighted by Crippen LogP contribution is -2.36. The van der Waals surface area contributed by atoms with Crippen molar-refractivity contribution < 1.29 is 19.4 Å². The zero-order valence-corrected chi connectivity index (χ0v) is 17.5. The minimum atomic E-state index is -0.276. The van der Waals surface area contributed by atoms with Crippen LogP contribution in [0.1, 0.15) is 30.0 Å². The van der Waals surface area contributed by atoms with Crippen LogP contribution in [0, 0.1) is 6.92 Å². The molecule has 160 valence electrons. The number of ether oxygens (including phenoxy) is 1. The second-order valence-corrected chi connectivity index (χ2v) is 7.38. The monoisotopic (exact) mass is 411 g/mol. The fraction of sp³-hybridized carbons (Fsp3) is 0.391. The normalized spacial score (nSPS) is 12.7. The van der Waals surface area contributed by atoms with Crippen molar-refractivity contribution in [1.29, 1.82) is 0 Å². The molecule has 1 aliphatic heterocycles. The molecule has 2 aromatic rings. The molecule has 0 saturated carbocycles. The Kier molecular flexibility index (Phi) is 7.30. The van der Waals surface area contributed by atoms with E-state index in [1.54, 1.807) is 12.1 Å². The summed E-state index contributed by atoms with van der Waals surface area (Å²) in [6.45, 7) is 6.49. The molecule has 3 rings (SSSR count). The van der Waals surface area contributed by atoms with Gasteiger partial charge in [0.05, 0.1) is 0 Å². The molecule has 0 fully saturated rings. The van der Waals surface area contributed by atoms with Gasteiger partial charge >= 0.3 is 0 Å². The second-order valence-electron chi connectivity index (χ2n) is 7.38. The van der Waals surface area contributed by atoms with Crippen LogP contribution < -0.4 is 15.4 Å². The van der Waals surface area contributed by atoms with Crippen molar-refractivity contribution >= 4 is 17.5 Å². The van der Waals surface area contributed by atoms with Gasteiger partial charge in [0, 0.05) is 26.1 Å². The van der Waals surface area contributed by atoms with Crippen LogP contribution in [-0.4, -0.2) is 48.1 Å². The maximum Gasteiger partial charge on any atom is 0.262 e. The summed E-state index contributed by atoms with van der Waals surface area (Å²) in [5, 5.41) is 16.0. The first-order valence-electron chi connectivity index (χ1n) is 10.3. The number of phenols is 1. The highest BCUT2D eigenvalue weighted by Crippen LogP contribution is 2.39. The Hall–Kier alpha value is -3.06. The highest BCUT2D eigenvalue weighted by molar-refractivity contribution is 5.97.